The van der Waals surface area contributed by atoms with E-state index in [1.807, 2.05) is 0 Å². The molecule has 0 saturated carbocycles. The highest BCUT2D eigenvalue weighted by Crippen LogP contribution is 2.19. The van der Waals surface area contributed by atoms with E-state index >= 15 is 0 Å². The summed E-state index contributed by atoms with van der Waals surface area (Å²) in [7, 11) is -1.43. The molecule has 1 unspecified atom stereocenters. The van der Waals surface area contributed by atoms with Gasteiger partial charge in [0.2, 0.25) is 0 Å². The number of hydrogen-bond acceptors (Lipinski definition) is 5. The summed E-state index contributed by atoms with van der Waals surface area (Å²) in [5.74, 6) is -0.184. The third-order valence-electron chi connectivity index (χ3n) is 3.14. The number of amides is 1. The van der Waals surface area contributed by atoms with Crippen molar-refractivity contribution >= 4 is 21.4 Å². The summed E-state index contributed by atoms with van der Waals surface area (Å²) in [5, 5.41) is 5.99. The first kappa shape index (κ1) is 12.9. The predicted molar refractivity (Wildman–Crippen MR) is 66.8 cm³/mol. The van der Waals surface area contributed by atoms with Crippen LogP contribution in [0.4, 0.5) is 5.69 Å². The molecule has 1 amide bonds. The van der Waals surface area contributed by atoms with Gasteiger partial charge >= 0.3 is 0 Å². The van der Waals surface area contributed by atoms with E-state index in [4.69, 9.17) is 5.73 Å². The van der Waals surface area contributed by atoms with Gasteiger partial charge in [0.15, 0.2) is 9.84 Å². The zero-order chi connectivity index (χ0) is 13.3. The second-order valence-electron chi connectivity index (χ2n) is 4.41. The molecular formula is C10H16N4O3S. The van der Waals surface area contributed by atoms with E-state index in [9.17, 15) is 13.2 Å². The molecule has 1 aliphatic heterocycles. The number of nitrogen functional groups attached to an aromatic ring is 1. The SMILES string of the molecule is Cn1ncc(N)c1C(=O)NCC1CCCS1(=O)=O. The Morgan fingerprint density at radius 1 is 1.67 bits per heavy atom. The molecule has 2 heterocycles. The lowest BCUT2D eigenvalue weighted by atomic mass is 10.2. The molecule has 1 fully saturated rings. The number of carbonyl (C=O) groups excluding carboxylic acids is 1. The number of aryl methyl sites for hydroxylation is 1. The van der Waals surface area contributed by atoms with Crippen LogP contribution in [-0.2, 0) is 16.9 Å². The third kappa shape index (κ3) is 2.33. The molecule has 18 heavy (non-hydrogen) atoms. The molecule has 7 nitrogen and oxygen atoms in total. The highest BCUT2D eigenvalue weighted by molar-refractivity contribution is 7.92. The fourth-order valence-corrected chi connectivity index (χ4v) is 3.88. The Morgan fingerprint density at radius 3 is 2.89 bits per heavy atom. The fourth-order valence-electron chi connectivity index (χ4n) is 2.11. The van der Waals surface area contributed by atoms with Crippen LogP contribution in [0, 0.1) is 0 Å². The van der Waals surface area contributed by atoms with Crippen molar-refractivity contribution < 1.29 is 13.2 Å². The van der Waals surface area contributed by atoms with Crippen LogP contribution >= 0.6 is 0 Å². The van der Waals surface area contributed by atoms with Gasteiger partial charge in [0, 0.05) is 13.6 Å². The standard InChI is InChI=1S/C10H16N4O3S/c1-14-9(8(11)6-13-14)10(15)12-5-7-3-2-4-18(7,16)17/h6-7H,2-5,11H2,1H3,(H,12,15). The minimum absolute atomic E-state index is 0.131. The Morgan fingerprint density at radius 2 is 2.39 bits per heavy atom. The molecule has 0 radical (unpaired) electrons. The number of nitrogens with zero attached hydrogens (tertiary/aromatic N) is 2. The van der Waals surface area contributed by atoms with Crippen molar-refractivity contribution in [1.29, 1.82) is 0 Å². The number of rotatable bonds is 3. The summed E-state index contributed by atoms with van der Waals surface area (Å²) < 4.78 is 24.6. The van der Waals surface area contributed by atoms with Crippen molar-refractivity contribution in [2.75, 3.05) is 18.0 Å². The average Bonchev–Trinajstić information content (AvgIpc) is 2.79. The third-order valence-corrected chi connectivity index (χ3v) is 5.41. The molecule has 0 aliphatic carbocycles. The highest BCUT2D eigenvalue weighted by atomic mass is 32.2. The predicted octanol–water partition coefficient (Wildman–Crippen LogP) is -0.691. The molecule has 0 bridgehead atoms. The normalized spacial score (nSPS) is 21.9. The van der Waals surface area contributed by atoms with Gasteiger partial charge in [-0.15, -0.1) is 0 Å². The minimum atomic E-state index is -3.04. The van der Waals surface area contributed by atoms with Crippen LogP contribution in [0.15, 0.2) is 6.20 Å². The van der Waals surface area contributed by atoms with E-state index in [-0.39, 0.29) is 23.7 Å². The van der Waals surface area contributed by atoms with Gasteiger partial charge < -0.3 is 11.1 Å². The molecule has 1 aromatic heterocycles. The maximum absolute atomic E-state index is 11.9. The van der Waals surface area contributed by atoms with Gasteiger partial charge in [-0.05, 0) is 12.8 Å². The van der Waals surface area contributed by atoms with Crippen molar-refractivity contribution in [3.63, 3.8) is 0 Å². The van der Waals surface area contributed by atoms with Crippen LogP contribution in [0.2, 0.25) is 0 Å². The van der Waals surface area contributed by atoms with E-state index in [1.165, 1.54) is 10.9 Å². The van der Waals surface area contributed by atoms with Crippen molar-refractivity contribution in [1.82, 2.24) is 15.1 Å². The quantitative estimate of drug-likeness (QED) is 0.757. The Hall–Kier alpha value is -1.57. The zero-order valence-electron chi connectivity index (χ0n) is 10.1. The van der Waals surface area contributed by atoms with E-state index < -0.39 is 21.0 Å². The summed E-state index contributed by atoms with van der Waals surface area (Å²) in [4.78, 5) is 11.9. The van der Waals surface area contributed by atoms with E-state index in [2.05, 4.69) is 10.4 Å². The molecular weight excluding hydrogens is 256 g/mol. The lowest BCUT2D eigenvalue weighted by molar-refractivity contribution is 0.0945. The summed E-state index contributed by atoms with van der Waals surface area (Å²) in [6.07, 6.45) is 2.65. The first-order valence-electron chi connectivity index (χ1n) is 5.69. The van der Waals surface area contributed by atoms with Gasteiger partial charge in [0.25, 0.3) is 5.91 Å². The Kier molecular flexibility index (Phi) is 3.29. The summed E-state index contributed by atoms with van der Waals surface area (Å²) in [6.45, 7) is 0.131. The molecule has 1 aliphatic rings. The topological polar surface area (TPSA) is 107 Å². The van der Waals surface area contributed by atoms with Crippen molar-refractivity contribution in [2.45, 2.75) is 18.1 Å². The van der Waals surface area contributed by atoms with Gasteiger partial charge in [0.05, 0.1) is 22.9 Å². The second kappa shape index (κ2) is 4.60. The largest absolute Gasteiger partial charge is 0.396 e. The van der Waals surface area contributed by atoms with Crippen LogP contribution in [0.25, 0.3) is 0 Å². The smallest absolute Gasteiger partial charge is 0.271 e. The van der Waals surface area contributed by atoms with E-state index in [1.54, 1.807) is 7.05 Å². The van der Waals surface area contributed by atoms with E-state index in [0.717, 1.165) is 0 Å². The number of anilines is 1. The molecule has 1 atom stereocenters. The maximum atomic E-state index is 11.9. The lowest BCUT2D eigenvalue weighted by Gasteiger charge is -2.11. The monoisotopic (exact) mass is 272 g/mol. The van der Waals surface area contributed by atoms with Gasteiger partial charge in [0.1, 0.15) is 5.69 Å². The first-order valence-corrected chi connectivity index (χ1v) is 7.40. The highest BCUT2D eigenvalue weighted by Gasteiger charge is 2.31. The summed E-state index contributed by atoms with van der Waals surface area (Å²) >= 11 is 0. The summed E-state index contributed by atoms with van der Waals surface area (Å²) in [6, 6.07) is 0. The zero-order valence-corrected chi connectivity index (χ0v) is 10.9. The molecule has 2 rings (SSSR count). The molecule has 0 aromatic carbocycles. The Balaban J connectivity index is 2.01. The molecule has 100 valence electrons. The fraction of sp³-hybridized carbons (Fsp3) is 0.600. The van der Waals surface area contributed by atoms with Crippen molar-refractivity contribution in [3.8, 4) is 0 Å². The molecule has 1 saturated heterocycles. The average molecular weight is 272 g/mol. The van der Waals surface area contributed by atoms with Crippen LogP contribution in [0.3, 0.4) is 0 Å². The number of nitrogens with one attached hydrogen (secondary N) is 1. The second-order valence-corrected chi connectivity index (χ2v) is 6.81. The van der Waals surface area contributed by atoms with Crippen LogP contribution < -0.4 is 11.1 Å². The first-order chi connectivity index (χ1) is 8.42. The Bertz CT molecular complexity index is 544. The van der Waals surface area contributed by atoms with E-state index in [0.29, 0.717) is 12.8 Å². The molecule has 0 spiro atoms. The maximum Gasteiger partial charge on any atom is 0.271 e. The number of aromatic nitrogens is 2. The van der Waals surface area contributed by atoms with Crippen LogP contribution in [0.1, 0.15) is 23.3 Å². The van der Waals surface area contributed by atoms with Crippen molar-refractivity contribution in [3.05, 3.63) is 11.9 Å². The van der Waals surface area contributed by atoms with Gasteiger partial charge in [-0.25, -0.2) is 8.42 Å². The summed E-state index contributed by atoms with van der Waals surface area (Å²) in [5.41, 5.74) is 6.15. The lowest BCUT2D eigenvalue weighted by Crippen LogP contribution is -2.35. The Labute approximate surface area is 105 Å². The molecule has 3 N–H and O–H groups in total. The van der Waals surface area contributed by atoms with Crippen LogP contribution in [0.5, 0.6) is 0 Å². The molecule has 8 heteroatoms. The van der Waals surface area contributed by atoms with Gasteiger partial charge in [-0.3, -0.25) is 9.48 Å². The number of hydrogen-bond donors (Lipinski definition) is 2. The van der Waals surface area contributed by atoms with Crippen LogP contribution in [-0.4, -0.2) is 41.7 Å². The number of sulfone groups is 1. The minimum Gasteiger partial charge on any atom is -0.396 e. The van der Waals surface area contributed by atoms with Crippen molar-refractivity contribution in [2.24, 2.45) is 7.05 Å². The van der Waals surface area contributed by atoms with Gasteiger partial charge in [-0.1, -0.05) is 0 Å². The number of carbonyl (C=O) groups is 1. The molecule has 1 aromatic rings. The number of nitrogens with two attached hydrogens (primary N) is 1. The van der Waals surface area contributed by atoms with Gasteiger partial charge in [-0.2, -0.15) is 5.10 Å².